The van der Waals surface area contributed by atoms with Crippen LogP contribution in [-0.4, -0.2) is 29.7 Å². The van der Waals surface area contributed by atoms with Gasteiger partial charge in [-0.05, 0) is 19.8 Å². The lowest BCUT2D eigenvalue weighted by molar-refractivity contribution is -0.137. The summed E-state index contributed by atoms with van der Waals surface area (Å²) in [6.45, 7) is 2.17. The first-order valence-electron chi connectivity index (χ1n) is 3.49. The number of ether oxygens (including phenoxy) is 1. The van der Waals surface area contributed by atoms with Gasteiger partial charge in [-0.2, -0.15) is 0 Å². The van der Waals surface area contributed by atoms with Crippen LogP contribution in [0.5, 0.6) is 0 Å². The van der Waals surface area contributed by atoms with Crippen molar-refractivity contribution in [3.63, 3.8) is 0 Å². The van der Waals surface area contributed by atoms with Crippen molar-refractivity contribution in [1.29, 1.82) is 0 Å². The van der Waals surface area contributed by atoms with E-state index in [-0.39, 0.29) is 0 Å². The van der Waals surface area contributed by atoms with E-state index in [1.54, 1.807) is 6.92 Å². The number of aliphatic hydroxyl groups is 1. The molecule has 1 unspecified atom stereocenters. The van der Waals surface area contributed by atoms with Crippen LogP contribution in [0, 0.1) is 0 Å². The van der Waals surface area contributed by atoms with Crippen LogP contribution in [0.2, 0.25) is 0 Å². The second kappa shape index (κ2) is 2.68. The van der Waals surface area contributed by atoms with E-state index in [0.717, 1.165) is 6.42 Å². The Kier molecular flexibility index (Phi) is 2.06. The highest BCUT2D eigenvalue weighted by molar-refractivity contribution is 5.64. The first-order valence-corrected chi connectivity index (χ1v) is 3.49. The molecule has 3 nitrogen and oxygen atoms in total. The highest BCUT2D eigenvalue weighted by Crippen LogP contribution is 2.26. The van der Waals surface area contributed by atoms with Gasteiger partial charge in [0.05, 0.1) is 6.10 Å². The Bertz CT molecular complexity index is 125. The molecule has 0 aromatic heterocycles. The third kappa shape index (κ3) is 1.07. The van der Waals surface area contributed by atoms with Gasteiger partial charge in [0, 0.05) is 6.61 Å². The zero-order valence-corrected chi connectivity index (χ0v) is 6.04. The van der Waals surface area contributed by atoms with Crippen LogP contribution >= 0.6 is 0 Å². The van der Waals surface area contributed by atoms with Crippen molar-refractivity contribution in [3.8, 4) is 0 Å². The van der Waals surface area contributed by atoms with Crippen LogP contribution in [0.15, 0.2) is 0 Å². The van der Waals surface area contributed by atoms with Crippen molar-refractivity contribution in [2.24, 2.45) is 0 Å². The van der Waals surface area contributed by atoms with Crippen LogP contribution in [0.4, 0.5) is 0 Å². The molecular weight excluding hydrogens is 132 g/mol. The third-order valence-corrected chi connectivity index (χ3v) is 1.99. The molecule has 1 aliphatic rings. The fourth-order valence-corrected chi connectivity index (χ4v) is 1.20. The van der Waals surface area contributed by atoms with E-state index in [1.165, 1.54) is 0 Å². The number of hydrogen-bond donors (Lipinski definition) is 1. The topological polar surface area (TPSA) is 46.5 Å². The fourth-order valence-electron chi connectivity index (χ4n) is 1.20. The molecule has 1 rings (SSSR count). The van der Waals surface area contributed by atoms with E-state index in [0.29, 0.717) is 19.3 Å². The zero-order valence-electron chi connectivity index (χ0n) is 6.04. The fraction of sp³-hybridized carbons (Fsp3) is 0.857. The summed E-state index contributed by atoms with van der Waals surface area (Å²) in [5.41, 5.74) is -0.889. The monoisotopic (exact) mass is 144 g/mol. The number of hydrogen-bond acceptors (Lipinski definition) is 3. The third-order valence-electron chi connectivity index (χ3n) is 1.99. The summed E-state index contributed by atoms with van der Waals surface area (Å²) < 4.78 is 5.13. The second-order valence-corrected chi connectivity index (χ2v) is 2.70. The highest BCUT2D eigenvalue weighted by atomic mass is 16.5. The minimum Gasteiger partial charge on any atom is -0.390 e. The molecule has 0 bridgehead atoms. The van der Waals surface area contributed by atoms with Gasteiger partial charge >= 0.3 is 0 Å². The van der Waals surface area contributed by atoms with Crippen LogP contribution < -0.4 is 0 Å². The summed E-state index contributed by atoms with van der Waals surface area (Å²) in [4.78, 5) is 10.5. The molecule has 0 aliphatic carbocycles. The summed E-state index contributed by atoms with van der Waals surface area (Å²) in [6.07, 6.45) is 1.54. The molecular formula is C7H12O3. The predicted molar refractivity (Wildman–Crippen MR) is 35.7 cm³/mol. The molecule has 58 valence electrons. The molecule has 1 heterocycles. The Balaban J connectivity index is 2.67. The van der Waals surface area contributed by atoms with Crippen LogP contribution in [-0.2, 0) is 9.53 Å². The summed E-state index contributed by atoms with van der Waals surface area (Å²) in [5, 5.41) is 9.15. The van der Waals surface area contributed by atoms with Crippen LogP contribution in [0.1, 0.15) is 19.8 Å². The molecule has 1 fully saturated rings. The molecule has 1 aliphatic heterocycles. The first kappa shape index (κ1) is 7.69. The lowest BCUT2D eigenvalue weighted by atomic mass is 9.96. The number of aldehydes is 1. The Morgan fingerprint density at radius 1 is 1.80 bits per heavy atom. The SMILES string of the molecule is C[C@@H](O)C1(C=O)CCCO1. The average Bonchev–Trinajstić information content (AvgIpc) is 2.35. The van der Waals surface area contributed by atoms with Gasteiger partial charge in [-0.1, -0.05) is 0 Å². The van der Waals surface area contributed by atoms with Gasteiger partial charge in [0.15, 0.2) is 6.29 Å². The maximum Gasteiger partial charge on any atom is 0.154 e. The normalized spacial score (nSPS) is 35.8. The average molecular weight is 144 g/mol. The van der Waals surface area contributed by atoms with Crippen molar-refractivity contribution < 1.29 is 14.6 Å². The van der Waals surface area contributed by atoms with E-state index in [1.807, 2.05) is 0 Å². The molecule has 0 radical (unpaired) electrons. The molecule has 1 saturated heterocycles. The van der Waals surface area contributed by atoms with Gasteiger partial charge in [-0.3, -0.25) is 0 Å². The molecule has 2 atom stereocenters. The number of rotatable bonds is 2. The van der Waals surface area contributed by atoms with E-state index in [9.17, 15) is 4.79 Å². The van der Waals surface area contributed by atoms with Gasteiger partial charge in [0.25, 0.3) is 0 Å². The number of carbonyl (C=O) groups is 1. The minimum absolute atomic E-state index is 0.587. The standard InChI is InChI=1S/C7H12O3/c1-6(9)7(5-8)3-2-4-10-7/h5-6,9H,2-4H2,1H3/t6-,7?/m1/s1. The second-order valence-electron chi connectivity index (χ2n) is 2.70. The summed E-state index contributed by atoms with van der Waals surface area (Å²) in [7, 11) is 0. The summed E-state index contributed by atoms with van der Waals surface area (Å²) in [6, 6.07) is 0. The first-order chi connectivity index (χ1) is 4.71. The minimum atomic E-state index is -0.889. The Morgan fingerprint density at radius 3 is 2.70 bits per heavy atom. The molecule has 0 saturated carbocycles. The van der Waals surface area contributed by atoms with Crippen LogP contribution in [0.3, 0.4) is 0 Å². The molecule has 10 heavy (non-hydrogen) atoms. The Morgan fingerprint density at radius 2 is 2.50 bits per heavy atom. The van der Waals surface area contributed by atoms with E-state index < -0.39 is 11.7 Å². The molecule has 0 amide bonds. The Hall–Kier alpha value is -0.410. The quantitative estimate of drug-likeness (QED) is 0.560. The lowest BCUT2D eigenvalue weighted by Crippen LogP contribution is -2.41. The van der Waals surface area contributed by atoms with Gasteiger partial charge in [0.2, 0.25) is 0 Å². The Labute approximate surface area is 60.0 Å². The maximum atomic E-state index is 10.5. The lowest BCUT2D eigenvalue weighted by Gasteiger charge is -2.24. The zero-order chi connectivity index (χ0) is 7.61. The molecule has 1 N–H and O–H groups in total. The van der Waals surface area contributed by atoms with Crippen LogP contribution in [0.25, 0.3) is 0 Å². The van der Waals surface area contributed by atoms with Crippen molar-refractivity contribution in [3.05, 3.63) is 0 Å². The van der Waals surface area contributed by atoms with Gasteiger partial charge in [-0.25, -0.2) is 0 Å². The van der Waals surface area contributed by atoms with E-state index in [2.05, 4.69) is 0 Å². The largest absolute Gasteiger partial charge is 0.390 e. The van der Waals surface area contributed by atoms with Crippen molar-refractivity contribution >= 4 is 6.29 Å². The molecule has 0 spiro atoms. The summed E-state index contributed by atoms with van der Waals surface area (Å²) >= 11 is 0. The smallest absolute Gasteiger partial charge is 0.154 e. The highest BCUT2D eigenvalue weighted by Gasteiger charge is 2.39. The van der Waals surface area contributed by atoms with Gasteiger partial charge in [0.1, 0.15) is 5.60 Å². The van der Waals surface area contributed by atoms with E-state index in [4.69, 9.17) is 9.84 Å². The summed E-state index contributed by atoms with van der Waals surface area (Å²) in [5.74, 6) is 0. The molecule has 0 aromatic rings. The number of carbonyl (C=O) groups excluding carboxylic acids is 1. The maximum absolute atomic E-state index is 10.5. The molecule has 3 heteroatoms. The molecule has 0 aromatic carbocycles. The van der Waals surface area contributed by atoms with Gasteiger partial charge < -0.3 is 14.6 Å². The van der Waals surface area contributed by atoms with Crippen molar-refractivity contribution in [2.75, 3.05) is 6.61 Å². The number of aliphatic hydroxyl groups excluding tert-OH is 1. The van der Waals surface area contributed by atoms with E-state index >= 15 is 0 Å². The van der Waals surface area contributed by atoms with Crippen molar-refractivity contribution in [1.82, 2.24) is 0 Å². The van der Waals surface area contributed by atoms with Gasteiger partial charge in [-0.15, -0.1) is 0 Å². The predicted octanol–water partition coefficient (Wildman–Crippen LogP) is 0.115. The van der Waals surface area contributed by atoms with Crippen molar-refractivity contribution in [2.45, 2.75) is 31.5 Å².